The van der Waals surface area contributed by atoms with Crippen LogP contribution in [0.4, 0.5) is 0 Å². The lowest BCUT2D eigenvalue weighted by molar-refractivity contribution is -0.119. The predicted octanol–water partition coefficient (Wildman–Crippen LogP) is -0.456. The van der Waals surface area contributed by atoms with Gasteiger partial charge < -0.3 is 11.1 Å². The van der Waals surface area contributed by atoms with E-state index in [1.807, 2.05) is 0 Å². The number of likely N-dealkylation sites (tertiary alicyclic amines) is 1. The van der Waals surface area contributed by atoms with Crippen molar-refractivity contribution in [2.45, 2.75) is 31.8 Å². The lowest BCUT2D eigenvalue weighted by Crippen LogP contribution is -2.38. The molecule has 3 unspecified atom stereocenters. The zero-order valence-corrected chi connectivity index (χ0v) is 8.70. The molecule has 0 bridgehead atoms. The summed E-state index contributed by atoms with van der Waals surface area (Å²) in [6.45, 7) is 5.22. The monoisotopic (exact) mass is 197 g/mol. The van der Waals surface area contributed by atoms with Crippen molar-refractivity contribution in [1.82, 2.24) is 10.2 Å². The Bertz CT molecular complexity index is 221. The van der Waals surface area contributed by atoms with E-state index >= 15 is 0 Å². The van der Waals surface area contributed by atoms with Gasteiger partial charge in [0.05, 0.1) is 0 Å². The zero-order chi connectivity index (χ0) is 10.1. The summed E-state index contributed by atoms with van der Waals surface area (Å²) in [7, 11) is 0. The van der Waals surface area contributed by atoms with Gasteiger partial charge in [-0.1, -0.05) is 6.92 Å². The molecule has 0 spiro atoms. The molecule has 2 heterocycles. The standard InChI is InChI=1S/C10H19N3O/c1-7-4-13(6-9(7)11)5-8-2-3-10(14)12-8/h7-9H,2-6,11H2,1H3,(H,12,14). The molecule has 0 aromatic rings. The van der Waals surface area contributed by atoms with E-state index in [9.17, 15) is 4.79 Å². The highest BCUT2D eigenvalue weighted by Gasteiger charge is 2.30. The van der Waals surface area contributed by atoms with Crippen LogP contribution in [-0.2, 0) is 4.79 Å². The molecule has 2 fully saturated rings. The zero-order valence-electron chi connectivity index (χ0n) is 8.70. The van der Waals surface area contributed by atoms with Gasteiger partial charge in [-0.15, -0.1) is 0 Å². The molecular formula is C10H19N3O. The van der Waals surface area contributed by atoms with Crippen molar-refractivity contribution in [2.75, 3.05) is 19.6 Å². The summed E-state index contributed by atoms with van der Waals surface area (Å²) in [6, 6.07) is 0.673. The maximum absolute atomic E-state index is 11.0. The molecule has 0 aromatic heterocycles. The van der Waals surface area contributed by atoms with E-state index in [0.29, 0.717) is 24.4 Å². The molecule has 3 N–H and O–H groups in total. The molecule has 4 heteroatoms. The van der Waals surface area contributed by atoms with E-state index in [0.717, 1.165) is 26.1 Å². The van der Waals surface area contributed by atoms with Gasteiger partial charge in [-0.2, -0.15) is 0 Å². The Morgan fingerprint density at radius 2 is 2.36 bits per heavy atom. The van der Waals surface area contributed by atoms with Crippen LogP contribution >= 0.6 is 0 Å². The molecule has 2 aliphatic rings. The average molecular weight is 197 g/mol. The van der Waals surface area contributed by atoms with Gasteiger partial charge in [-0.25, -0.2) is 0 Å². The molecule has 1 amide bonds. The quantitative estimate of drug-likeness (QED) is 0.630. The van der Waals surface area contributed by atoms with Gasteiger partial charge in [0, 0.05) is 38.1 Å². The minimum Gasteiger partial charge on any atom is -0.352 e. The normalized spacial score (nSPS) is 39.0. The summed E-state index contributed by atoms with van der Waals surface area (Å²) in [5.74, 6) is 0.790. The van der Waals surface area contributed by atoms with Crippen molar-refractivity contribution in [3.63, 3.8) is 0 Å². The fraction of sp³-hybridized carbons (Fsp3) is 0.900. The Morgan fingerprint density at radius 1 is 1.57 bits per heavy atom. The number of nitrogens with one attached hydrogen (secondary N) is 1. The highest BCUT2D eigenvalue weighted by Crippen LogP contribution is 2.16. The van der Waals surface area contributed by atoms with Crippen LogP contribution in [0.15, 0.2) is 0 Å². The molecule has 14 heavy (non-hydrogen) atoms. The number of nitrogens with zero attached hydrogens (tertiary/aromatic N) is 1. The smallest absolute Gasteiger partial charge is 0.220 e. The molecule has 2 saturated heterocycles. The van der Waals surface area contributed by atoms with E-state index in [1.165, 1.54) is 0 Å². The first-order chi connectivity index (χ1) is 6.65. The van der Waals surface area contributed by atoms with E-state index in [-0.39, 0.29) is 5.91 Å². The molecule has 0 aromatic carbocycles. The van der Waals surface area contributed by atoms with Crippen molar-refractivity contribution < 1.29 is 4.79 Å². The number of hydrogen-bond acceptors (Lipinski definition) is 3. The number of amides is 1. The largest absolute Gasteiger partial charge is 0.352 e. The second-order valence-electron chi connectivity index (χ2n) is 4.66. The molecule has 3 atom stereocenters. The maximum Gasteiger partial charge on any atom is 0.220 e. The van der Waals surface area contributed by atoms with Crippen molar-refractivity contribution >= 4 is 5.91 Å². The SMILES string of the molecule is CC1CN(CC2CCC(=O)N2)CC1N. The lowest BCUT2D eigenvalue weighted by atomic mass is 10.1. The lowest BCUT2D eigenvalue weighted by Gasteiger charge is -2.19. The summed E-state index contributed by atoms with van der Waals surface area (Å²) in [4.78, 5) is 13.4. The van der Waals surface area contributed by atoms with Crippen LogP contribution in [0.5, 0.6) is 0 Å². The van der Waals surface area contributed by atoms with E-state index < -0.39 is 0 Å². The first-order valence-corrected chi connectivity index (χ1v) is 5.42. The van der Waals surface area contributed by atoms with Crippen LogP contribution in [-0.4, -0.2) is 42.5 Å². The van der Waals surface area contributed by atoms with Crippen molar-refractivity contribution in [3.8, 4) is 0 Å². The van der Waals surface area contributed by atoms with Crippen molar-refractivity contribution in [3.05, 3.63) is 0 Å². The third kappa shape index (κ3) is 2.07. The first kappa shape index (κ1) is 9.93. The summed E-state index contributed by atoms with van der Waals surface area (Å²) in [6.07, 6.45) is 1.68. The third-order valence-corrected chi connectivity index (χ3v) is 3.31. The second kappa shape index (κ2) is 3.87. The number of rotatable bonds is 2. The minimum atomic E-state index is 0.201. The molecule has 80 valence electrons. The van der Waals surface area contributed by atoms with E-state index in [4.69, 9.17) is 5.73 Å². The number of hydrogen-bond donors (Lipinski definition) is 2. The fourth-order valence-corrected chi connectivity index (χ4v) is 2.37. The maximum atomic E-state index is 11.0. The van der Waals surface area contributed by atoms with Crippen molar-refractivity contribution in [2.24, 2.45) is 11.7 Å². The fourth-order valence-electron chi connectivity index (χ4n) is 2.37. The first-order valence-electron chi connectivity index (χ1n) is 5.42. The molecule has 0 aliphatic carbocycles. The van der Waals surface area contributed by atoms with Crippen LogP contribution in [0.3, 0.4) is 0 Å². The third-order valence-electron chi connectivity index (χ3n) is 3.31. The van der Waals surface area contributed by atoms with Crippen molar-refractivity contribution in [1.29, 1.82) is 0 Å². The molecule has 0 radical (unpaired) electrons. The van der Waals surface area contributed by atoms with Gasteiger partial charge in [-0.05, 0) is 12.3 Å². The topological polar surface area (TPSA) is 58.4 Å². The molecule has 2 aliphatic heterocycles. The number of carbonyl (C=O) groups is 1. The van der Waals surface area contributed by atoms with Crippen LogP contribution < -0.4 is 11.1 Å². The van der Waals surface area contributed by atoms with E-state index in [1.54, 1.807) is 0 Å². The highest BCUT2D eigenvalue weighted by molar-refractivity contribution is 5.78. The molecule has 4 nitrogen and oxygen atoms in total. The summed E-state index contributed by atoms with van der Waals surface area (Å²) < 4.78 is 0. The van der Waals surface area contributed by atoms with Gasteiger partial charge in [-0.3, -0.25) is 9.69 Å². The Hall–Kier alpha value is -0.610. The molecular weight excluding hydrogens is 178 g/mol. The molecule has 2 rings (SSSR count). The minimum absolute atomic E-state index is 0.201. The summed E-state index contributed by atoms with van der Waals surface area (Å²) in [5, 5.41) is 2.99. The van der Waals surface area contributed by atoms with Crippen LogP contribution in [0, 0.1) is 5.92 Å². The van der Waals surface area contributed by atoms with Crippen LogP contribution in [0.1, 0.15) is 19.8 Å². The van der Waals surface area contributed by atoms with Crippen LogP contribution in [0.2, 0.25) is 0 Å². The number of nitrogens with two attached hydrogens (primary N) is 1. The van der Waals surface area contributed by atoms with Gasteiger partial charge in [0.1, 0.15) is 0 Å². The second-order valence-corrected chi connectivity index (χ2v) is 4.66. The molecule has 0 saturated carbocycles. The highest BCUT2D eigenvalue weighted by atomic mass is 16.1. The van der Waals surface area contributed by atoms with Gasteiger partial charge in [0.2, 0.25) is 5.91 Å². The van der Waals surface area contributed by atoms with Gasteiger partial charge in [0.25, 0.3) is 0 Å². The number of carbonyl (C=O) groups excluding carboxylic acids is 1. The summed E-state index contributed by atoms with van der Waals surface area (Å²) >= 11 is 0. The van der Waals surface area contributed by atoms with Gasteiger partial charge >= 0.3 is 0 Å². The van der Waals surface area contributed by atoms with E-state index in [2.05, 4.69) is 17.1 Å². The predicted molar refractivity (Wildman–Crippen MR) is 54.7 cm³/mol. The van der Waals surface area contributed by atoms with Crippen LogP contribution in [0.25, 0.3) is 0 Å². The Balaban J connectivity index is 1.79. The Morgan fingerprint density at radius 3 is 2.86 bits per heavy atom. The Labute approximate surface area is 84.8 Å². The summed E-state index contributed by atoms with van der Waals surface area (Å²) in [5.41, 5.74) is 5.94. The van der Waals surface area contributed by atoms with Gasteiger partial charge in [0.15, 0.2) is 0 Å². The average Bonchev–Trinajstić information content (AvgIpc) is 2.62. The Kier molecular flexibility index (Phi) is 2.74.